The predicted molar refractivity (Wildman–Crippen MR) is 99.2 cm³/mol. The topological polar surface area (TPSA) is 45.2 Å². The minimum Gasteiger partial charge on any atom is -0.508 e. The maximum Gasteiger partial charge on any atom is 0.266 e. The standard InChI is InChI=1S/C14H15FN2.C7H5F3O/c15-14-5-4-10-8-16-7-6-12(10)13(14)9-17-11-2-1-3-11;8-6-2-1-4(11)3-5(6)7(9)10/h4-8,11,17H,1-3,9H2;1-3,7,11H. The van der Waals surface area contributed by atoms with Gasteiger partial charge in [-0.2, -0.15) is 0 Å². The van der Waals surface area contributed by atoms with Crippen LogP contribution in [0.25, 0.3) is 10.8 Å². The summed E-state index contributed by atoms with van der Waals surface area (Å²) >= 11 is 0. The van der Waals surface area contributed by atoms with E-state index >= 15 is 0 Å². The molecular weight excluding hydrogens is 372 g/mol. The lowest BCUT2D eigenvalue weighted by molar-refractivity contribution is 0.146. The first-order valence-corrected chi connectivity index (χ1v) is 8.96. The fraction of sp³-hybridized carbons (Fsp3) is 0.286. The number of pyridine rings is 1. The van der Waals surface area contributed by atoms with Gasteiger partial charge in [0.2, 0.25) is 0 Å². The molecule has 3 nitrogen and oxygen atoms in total. The van der Waals surface area contributed by atoms with Gasteiger partial charge in [-0.15, -0.1) is 0 Å². The predicted octanol–water partition coefficient (Wildman–Crippen LogP) is 5.48. The second-order valence-electron chi connectivity index (χ2n) is 6.64. The normalized spacial score (nSPS) is 13.9. The van der Waals surface area contributed by atoms with Gasteiger partial charge in [0.25, 0.3) is 6.43 Å². The van der Waals surface area contributed by atoms with Crippen LogP contribution < -0.4 is 5.32 Å². The number of hydrogen-bond acceptors (Lipinski definition) is 3. The zero-order valence-corrected chi connectivity index (χ0v) is 15.0. The van der Waals surface area contributed by atoms with Gasteiger partial charge in [0.1, 0.15) is 17.4 Å². The van der Waals surface area contributed by atoms with Gasteiger partial charge in [0.15, 0.2) is 0 Å². The highest BCUT2D eigenvalue weighted by Gasteiger charge is 2.17. The molecule has 1 aromatic heterocycles. The lowest BCUT2D eigenvalue weighted by Crippen LogP contribution is -2.34. The SMILES string of the molecule is Fc1ccc2cnccc2c1CNC1CCC1.Oc1ccc(F)c(C(F)F)c1. The first-order chi connectivity index (χ1) is 13.5. The molecule has 0 radical (unpaired) electrons. The van der Waals surface area contributed by atoms with E-state index in [-0.39, 0.29) is 11.6 Å². The molecule has 1 saturated carbocycles. The zero-order chi connectivity index (χ0) is 20.1. The summed E-state index contributed by atoms with van der Waals surface area (Å²) in [6, 6.07) is 8.30. The smallest absolute Gasteiger partial charge is 0.266 e. The summed E-state index contributed by atoms with van der Waals surface area (Å²) in [5, 5.41) is 14.1. The molecule has 0 amide bonds. The molecule has 1 fully saturated rings. The van der Waals surface area contributed by atoms with E-state index in [2.05, 4.69) is 10.3 Å². The van der Waals surface area contributed by atoms with Crippen LogP contribution in [0.3, 0.4) is 0 Å². The Morgan fingerprint density at radius 1 is 1.07 bits per heavy atom. The van der Waals surface area contributed by atoms with Crippen molar-refractivity contribution in [3.8, 4) is 5.75 Å². The van der Waals surface area contributed by atoms with E-state index in [4.69, 9.17) is 5.11 Å². The van der Waals surface area contributed by atoms with Crippen LogP contribution in [-0.2, 0) is 6.54 Å². The number of nitrogens with zero attached hydrogens (tertiary/aromatic N) is 1. The van der Waals surface area contributed by atoms with Crippen molar-refractivity contribution in [1.29, 1.82) is 0 Å². The molecule has 28 heavy (non-hydrogen) atoms. The van der Waals surface area contributed by atoms with Crippen LogP contribution in [0, 0.1) is 11.6 Å². The summed E-state index contributed by atoms with van der Waals surface area (Å²) < 4.78 is 50.0. The molecule has 1 heterocycles. The summed E-state index contributed by atoms with van der Waals surface area (Å²) in [5.74, 6) is -1.49. The highest BCUT2D eigenvalue weighted by atomic mass is 19.3. The average molecular weight is 392 g/mol. The van der Waals surface area contributed by atoms with E-state index in [0.29, 0.717) is 18.7 Å². The average Bonchev–Trinajstić information content (AvgIpc) is 2.64. The third kappa shape index (κ3) is 4.78. The second-order valence-corrected chi connectivity index (χ2v) is 6.64. The number of nitrogens with one attached hydrogen (secondary N) is 1. The van der Waals surface area contributed by atoms with Crippen LogP contribution in [0.4, 0.5) is 17.6 Å². The molecule has 148 valence electrons. The number of aromatic nitrogens is 1. The van der Waals surface area contributed by atoms with Crippen molar-refractivity contribution in [2.45, 2.75) is 38.3 Å². The van der Waals surface area contributed by atoms with Gasteiger partial charge in [-0.1, -0.05) is 6.42 Å². The minimum absolute atomic E-state index is 0.129. The van der Waals surface area contributed by atoms with Gasteiger partial charge in [0.05, 0.1) is 5.56 Å². The Bertz CT molecular complexity index is 945. The number of alkyl halides is 2. The molecule has 2 aromatic carbocycles. The molecule has 0 unspecified atom stereocenters. The van der Waals surface area contributed by atoms with Crippen LogP contribution in [0.2, 0.25) is 0 Å². The first kappa shape index (κ1) is 20.1. The van der Waals surface area contributed by atoms with Crippen LogP contribution in [0.5, 0.6) is 5.75 Å². The number of fused-ring (bicyclic) bond motifs is 1. The highest BCUT2D eigenvalue weighted by molar-refractivity contribution is 5.84. The van der Waals surface area contributed by atoms with E-state index < -0.39 is 17.8 Å². The third-order valence-corrected chi connectivity index (χ3v) is 4.76. The van der Waals surface area contributed by atoms with E-state index in [9.17, 15) is 17.6 Å². The molecule has 4 rings (SSSR count). The molecule has 1 aliphatic carbocycles. The highest BCUT2D eigenvalue weighted by Crippen LogP contribution is 2.25. The maximum atomic E-state index is 13.8. The quantitative estimate of drug-likeness (QED) is 0.578. The zero-order valence-electron chi connectivity index (χ0n) is 15.0. The number of rotatable bonds is 4. The van der Waals surface area contributed by atoms with Gasteiger partial charge in [-0.3, -0.25) is 4.98 Å². The summed E-state index contributed by atoms with van der Waals surface area (Å²) in [7, 11) is 0. The van der Waals surface area contributed by atoms with Gasteiger partial charge >= 0.3 is 0 Å². The number of aromatic hydroxyl groups is 1. The number of benzene rings is 2. The number of phenolic OH excluding ortho intramolecular Hbond substituents is 1. The minimum atomic E-state index is -2.89. The van der Waals surface area contributed by atoms with Gasteiger partial charge in [-0.05, 0) is 54.6 Å². The summed E-state index contributed by atoms with van der Waals surface area (Å²) in [6.07, 6.45) is 4.33. The Labute approximate surface area is 160 Å². The Hall–Kier alpha value is -2.67. The molecule has 0 atom stereocenters. The third-order valence-electron chi connectivity index (χ3n) is 4.76. The summed E-state index contributed by atoms with van der Waals surface area (Å²) in [6.45, 7) is 0.609. The summed E-state index contributed by atoms with van der Waals surface area (Å²) in [5.41, 5.74) is -0.0122. The lowest BCUT2D eigenvalue weighted by atomic mass is 9.93. The number of phenols is 1. The number of hydrogen-bond donors (Lipinski definition) is 2. The lowest BCUT2D eigenvalue weighted by Gasteiger charge is -2.26. The van der Waals surface area contributed by atoms with Crippen LogP contribution in [0.1, 0.15) is 36.8 Å². The van der Waals surface area contributed by atoms with Crippen molar-refractivity contribution in [3.63, 3.8) is 0 Å². The van der Waals surface area contributed by atoms with Crippen molar-refractivity contribution >= 4 is 10.8 Å². The van der Waals surface area contributed by atoms with Crippen molar-refractivity contribution in [3.05, 3.63) is 71.6 Å². The fourth-order valence-corrected chi connectivity index (χ4v) is 2.94. The van der Waals surface area contributed by atoms with Crippen LogP contribution >= 0.6 is 0 Å². The monoisotopic (exact) mass is 392 g/mol. The molecule has 3 aromatic rings. The molecule has 7 heteroatoms. The Morgan fingerprint density at radius 3 is 2.46 bits per heavy atom. The molecule has 0 saturated heterocycles. The van der Waals surface area contributed by atoms with E-state index in [1.165, 1.54) is 25.3 Å². The maximum absolute atomic E-state index is 13.8. The molecular formula is C21H20F4N2O. The van der Waals surface area contributed by atoms with Gasteiger partial charge in [0, 0.05) is 35.9 Å². The Kier molecular flexibility index (Phi) is 6.46. The van der Waals surface area contributed by atoms with Crippen molar-refractivity contribution in [2.75, 3.05) is 0 Å². The Balaban J connectivity index is 0.000000178. The number of halogens is 4. The van der Waals surface area contributed by atoms with Crippen molar-refractivity contribution in [2.24, 2.45) is 0 Å². The van der Waals surface area contributed by atoms with E-state index in [0.717, 1.165) is 28.5 Å². The molecule has 0 aliphatic heterocycles. The Morgan fingerprint density at radius 2 is 1.82 bits per heavy atom. The summed E-state index contributed by atoms with van der Waals surface area (Å²) in [4.78, 5) is 4.06. The molecule has 0 bridgehead atoms. The molecule has 2 N–H and O–H groups in total. The largest absolute Gasteiger partial charge is 0.508 e. The van der Waals surface area contributed by atoms with Crippen LogP contribution in [-0.4, -0.2) is 16.1 Å². The van der Waals surface area contributed by atoms with Gasteiger partial charge < -0.3 is 10.4 Å². The van der Waals surface area contributed by atoms with Crippen LogP contribution in [0.15, 0.2) is 48.8 Å². The molecule has 1 aliphatic rings. The fourth-order valence-electron chi connectivity index (χ4n) is 2.94. The van der Waals surface area contributed by atoms with Crippen molar-refractivity contribution < 1.29 is 22.7 Å². The van der Waals surface area contributed by atoms with Gasteiger partial charge in [-0.25, -0.2) is 17.6 Å². The second kappa shape index (κ2) is 9.01. The van der Waals surface area contributed by atoms with Crippen molar-refractivity contribution in [1.82, 2.24) is 10.3 Å². The molecule has 0 spiro atoms. The van der Waals surface area contributed by atoms with E-state index in [1.54, 1.807) is 18.5 Å². The van der Waals surface area contributed by atoms with E-state index in [1.807, 2.05) is 6.07 Å². The first-order valence-electron chi connectivity index (χ1n) is 8.96.